The largest absolute Gasteiger partial charge is 0.394 e. The van der Waals surface area contributed by atoms with Gasteiger partial charge in [-0.15, -0.1) is 0 Å². The lowest BCUT2D eigenvalue weighted by Gasteiger charge is -2.48. The van der Waals surface area contributed by atoms with Gasteiger partial charge in [0.15, 0.2) is 56.6 Å². The van der Waals surface area contributed by atoms with E-state index in [1.807, 2.05) is 0 Å². The van der Waals surface area contributed by atoms with Crippen LogP contribution in [0.5, 0.6) is 0 Å². The summed E-state index contributed by atoms with van der Waals surface area (Å²) in [7, 11) is 0. The first kappa shape index (κ1) is 120. The van der Waals surface area contributed by atoms with Crippen LogP contribution in [-0.2, 0) is 90.1 Å². The van der Waals surface area contributed by atoms with Crippen molar-refractivity contribution in [3.05, 3.63) is 0 Å². The number of nitrogens with two attached hydrogens (primary N) is 17. The summed E-state index contributed by atoms with van der Waals surface area (Å²) in [5.74, 6) is -0.480. The molecule has 0 aromatic carbocycles. The van der Waals surface area contributed by atoms with Crippen LogP contribution in [0, 0.1) is 0 Å². The van der Waals surface area contributed by atoms with E-state index in [9.17, 15) is 138 Å². The van der Waals surface area contributed by atoms with Gasteiger partial charge in [-0.1, -0.05) is 0 Å². The van der Waals surface area contributed by atoms with Gasteiger partial charge in [-0.05, 0) is 32.1 Å². The van der Waals surface area contributed by atoms with Crippen LogP contribution in [0.25, 0.3) is 0 Å². The van der Waals surface area contributed by atoms with Gasteiger partial charge in [0.1, 0.15) is 214 Å². The zero-order valence-electron chi connectivity index (χ0n) is 76.9. The third-order valence-electron chi connectivity index (χ3n) is 27.7. The predicted molar refractivity (Wildman–Crippen MR) is 464 cm³/mol. The van der Waals surface area contributed by atoms with Crippen molar-refractivity contribution in [1.82, 2.24) is 5.32 Å². The maximum absolute atomic E-state index is 12.2. The SMILES string of the molecule is CC(=O)NC1CC(N)C(O)C(OC2OC(CO)C(OC3OC(CN)C(OC4OC(CO)C(O)C(O)C4O)C(O)C3N)C2O)C1OC1OC(CO)C(O)CC1N.NCC1OC(OC2C(N)CC(N)C(O)C2O)C(N)C(O)C1O.NCC1OC(OC2C(N)CC(N)C(O)C2OC2OC(CO)[C@@H](O)[C@H]2O)C(N)C(O)C1O.NCC1OC(OC2C(N)CC(N)C(OC3OC(CO)C(O)C(N)C3O)C2O)C(N)C(O)C1O. The molecule has 9 saturated heterocycles. The Morgan fingerprint density at radius 3 is 0.957 bits per heavy atom. The average molecular weight is 2060 g/mol. The van der Waals surface area contributed by atoms with E-state index in [0.29, 0.717) is 0 Å². The van der Waals surface area contributed by atoms with Crippen molar-refractivity contribution in [3.8, 4) is 0 Å². The van der Waals surface area contributed by atoms with E-state index in [1.54, 1.807) is 0 Å². The number of amides is 1. The van der Waals surface area contributed by atoms with Crippen molar-refractivity contribution in [2.75, 3.05) is 59.2 Å². The van der Waals surface area contributed by atoms with Crippen molar-refractivity contribution >= 4 is 5.91 Å². The Hall–Kier alpha value is -2.97. The molecule has 141 heavy (non-hydrogen) atoms. The van der Waals surface area contributed by atoms with Crippen molar-refractivity contribution in [3.63, 3.8) is 0 Å². The van der Waals surface area contributed by atoms with Crippen molar-refractivity contribution in [2.45, 2.75) is 418 Å². The molecular formula is C78H154N18O45. The molecule has 0 aromatic heterocycles. The first-order valence-corrected chi connectivity index (χ1v) is 46.5. The van der Waals surface area contributed by atoms with Gasteiger partial charge in [-0.25, -0.2) is 0 Å². The average Bonchev–Trinajstić information content (AvgIpc) is 1.74. The fourth-order valence-corrected chi connectivity index (χ4v) is 19.0. The minimum atomic E-state index is -1.81. The number of aliphatic hydroxyl groups is 26. The van der Waals surface area contributed by atoms with E-state index in [-0.39, 0.29) is 58.3 Å². The topological polar surface area (TPSA) is 1160 Å². The molecule has 0 aromatic rings. The monoisotopic (exact) mass is 2060 g/mol. The second-order valence-corrected chi connectivity index (χ2v) is 37.7. The fraction of sp³-hybridized carbons (Fsp3) is 0.987. The molecule has 4 aliphatic carbocycles. The second-order valence-electron chi connectivity index (χ2n) is 37.7. The third-order valence-corrected chi connectivity index (χ3v) is 27.7. The minimum absolute atomic E-state index is 0.000991. The predicted octanol–water partition coefficient (Wildman–Crippen LogP) is -28.9. The number of nitrogens with one attached hydrogen (secondary N) is 1. The number of hydrogen-bond donors (Lipinski definition) is 44. The third kappa shape index (κ3) is 27.2. The van der Waals surface area contributed by atoms with Gasteiger partial charge >= 0.3 is 0 Å². The molecule has 1 amide bonds. The maximum Gasteiger partial charge on any atom is 0.217 e. The van der Waals surface area contributed by atoms with Crippen LogP contribution in [0.4, 0.5) is 0 Å². The number of aliphatic hydroxyl groups excluding tert-OH is 26. The smallest absolute Gasteiger partial charge is 0.217 e. The van der Waals surface area contributed by atoms with Gasteiger partial charge in [0, 0.05) is 75.4 Å². The first-order chi connectivity index (χ1) is 66.4. The molecule has 61 N–H and O–H groups in total. The Balaban J connectivity index is 0.000000205. The van der Waals surface area contributed by atoms with Crippen LogP contribution >= 0.6 is 0 Å². The van der Waals surface area contributed by atoms with Gasteiger partial charge in [-0.2, -0.15) is 0 Å². The van der Waals surface area contributed by atoms with Crippen LogP contribution in [0.2, 0.25) is 0 Å². The Morgan fingerprint density at radius 1 is 0.227 bits per heavy atom. The number of carbonyl (C=O) groups is 1. The zero-order valence-corrected chi connectivity index (χ0v) is 76.9. The highest BCUT2D eigenvalue weighted by atomic mass is 16.8. The highest BCUT2D eigenvalue weighted by molar-refractivity contribution is 5.73. The number of hydrogen-bond acceptors (Lipinski definition) is 62. The van der Waals surface area contributed by atoms with Crippen molar-refractivity contribution < 1.29 is 223 Å². The summed E-state index contributed by atoms with van der Waals surface area (Å²) in [6.45, 7) is -2.53. The van der Waals surface area contributed by atoms with E-state index < -0.39 is 418 Å². The van der Waals surface area contributed by atoms with Crippen LogP contribution < -0.4 is 103 Å². The fourth-order valence-electron chi connectivity index (χ4n) is 19.0. The van der Waals surface area contributed by atoms with Crippen LogP contribution in [0.15, 0.2) is 0 Å². The van der Waals surface area contributed by atoms with Crippen LogP contribution in [0.3, 0.4) is 0 Å². The molecule has 0 bridgehead atoms. The van der Waals surface area contributed by atoms with Gasteiger partial charge in [0.2, 0.25) is 5.91 Å². The van der Waals surface area contributed by atoms with Gasteiger partial charge in [0.05, 0.1) is 99.7 Å². The summed E-state index contributed by atoms with van der Waals surface area (Å²) >= 11 is 0. The molecule has 9 aliphatic heterocycles. The van der Waals surface area contributed by atoms with Gasteiger partial charge < -0.3 is 321 Å². The Bertz CT molecular complexity index is 3640. The first-order valence-electron chi connectivity index (χ1n) is 46.5. The number of rotatable bonds is 28. The molecule has 826 valence electrons. The lowest BCUT2D eigenvalue weighted by molar-refractivity contribution is -0.348. The summed E-state index contributed by atoms with van der Waals surface area (Å²) in [5, 5.41) is 268. The lowest BCUT2D eigenvalue weighted by atomic mass is 9.83. The molecule has 63 heteroatoms. The maximum atomic E-state index is 12.2. The zero-order chi connectivity index (χ0) is 105. The minimum Gasteiger partial charge on any atom is -0.394 e. The van der Waals surface area contributed by atoms with Crippen LogP contribution in [0.1, 0.15) is 39.0 Å². The lowest BCUT2D eigenvalue weighted by Crippen LogP contribution is -2.69. The summed E-state index contributed by atoms with van der Waals surface area (Å²) in [5.41, 5.74) is 101. The molecule has 9 heterocycles. The Labute approximate surface area is 806 Å². The molecule has 13 rings (SSSR count). The molecule has 0 radical (unpaired) electrons. The van der Waals surface area contributed by atoms with Crippen LogP contribution in [-0.4, -0.2) is 577 Å². The van der Waals surface area contributed by atoms with E-state index in [4.69, 9.17) is 183 Å². The quantitative estimate of drug-likeness (QED) is 0.0346. The molecule has 13 aliphatic rings. The summed E-state index contributed by atoms with van der Waals surface area (Å²) in [6, 6.07) is -13.2. The Morgan fingerprint density at radius 2 is 0.518 bits per heavy atom. The van der Waals surface area contributed by atoms with E-state index >= 15 is 0 Å². The molecule has 60 unspecified atom stereocenters. The standard InChI is InChI=1S/C31H57N5O19.C18H37N5O10.C17H34N4O10.C12H26N4O6/c1-8(40)36-11-2-9(33)18(42)27(24(11)52-28-10(34)3-12(41)14(5-37)49-28)55-31-23(47)26(16(7-39)51-31)53-29-17(35)20(44)25(13(4-32)48-29)54-30-22(46)21(45)19(43)15(6-38)50-30;19-2-6-11(26)12(27)9(23)17(30-6)32-15-4(20)1-5(21)16(14(15)29)33-18-13(28)8(22)10(25)7(3-24)31-18;18-2-6-10(24)12(26)8(21)16(28-6)30-14-5(20)1-4(19)9(23)15(14)31-17-13(27)11(25)7(3-22)29-17;13-2-5-8(18)9(19)6(16)12(21-5)22-11-4(15)1-3(14)7(17)10(11)20/h9-31,37-39,41-47H,2-7,32-35H2,1H3,(H,36,40);4-18,24-29H,1-3,19-23H2;4-17,22-27H,1-3,18-21H2;3-12,17-20H,1-2,13-16H2/t;;4?,5?,6?,7?,8?,9?,10?,11-,12?,13-,14?,15?,16?,17?;/m..1./s1. The van der Waals surface area contributed by atoms with E-state index in [0.717, 1.165) is 0 Å². The number of ether oxygens (including phenoxy) is 18. The Kier molecular flexibility index (Phi) is 44.9. The normalized spacial score (nSPS) is 52.5. The summed E-state index contributed by atoms with van der Waals surface area (Å²) < 4.78 is 103. The number of carbonyl (C=O) groups excluding carboxylic acids is 1. The molecule has 0 spiro atoms. The van der Waals surface area contributed by atoms with Crippen molar-refractivity contribution in [2.24, 2.45) is 97.5 Å². The molecular weight excluding hydrogens is 1910 g/mol. The molecule has 4 saturated carbocycles. The van der Waals surface area contributed by atoms with Gasteiger partial charge in [0.25, 0.3) is 0 Å². The van der Waals surface area contributed by atoms with Crippen molar-refractivity contribution in [1.29, 1.82) is 0 Å². The second kappa shape index (κ2) is 52.9. The molecule has 62 atom stereocenters. The molecule has 13 fully saturated rings. The summed E-state index contributed by atoms with van der Waals surface area (Å²) in [6.07, 6.45) is -63.2. The van der Waals surface area contributed by atoms with E-state index in [1.165, 1.54) is 6.92 Å². The molecule has 63 nitrogen and oxygen atoms in total. The van der Waals surface area contributed by atoms with Gasteiger partial charge in [-0.3, -0.25) is 4.79 Å². The highest BCUT2D eigenvalue weighted by Gasteiger charge is 2.61. The highest BCUT2D eigenvalue weighted by Crippen LogP contribution is 2.40. The summed E-state index contributed by atoms with van der Waals surface area (Å²) in [4.78, 5) is 12.2. The van der Waals surface area contributed by atoms with E-state index in [2.05, 4.69) is 5.32 Å².